The van der Waals surface area contributed by atoms with E-state index in [1.807, 2.05) is 24.1 Å². The summed E-state index contributed by atoms with van der Waals surface area (Å²) < 4.78 is 0. The zero-order chi connectivity index (χ0) is 27.8. The minimum Gasteiger partial charge on any atom is -0.364 e. The van der Waals surface area contributed by atoms with Crippen molar-refractivity contribution in [1.82, 2.24) is 29.9 Å². The molecular weight excluding hydrogens is 506 g/mol. The van der Waals surface area contributed by atoms with Crippen molar-refractivity contribution in [3.63, 3.8) is 0 Å². The first-order chi connectivity index (χ1) is 19.4. The van der Waals surface area contributed by atoms with Gasteiger partial charge in [0.2, 0.25) is 5.95 Å². The maximum absolute atomic E-state index is 12.9. The van der Waals surface area contributed by atoms with Crippen LogP contribution in [0.3, 0.4) is 0 Å². The van der Waals surface area contributed by atoms with Crippen LogP contribution in [0, 0.1) is 0 Å². The molecule has 3 saturated heterocycles. The van der Waals surface area contributed by atoms with Gasteiger partial charge in [-0.1, -0.05) is 12.1 Å². The van der Waals surface area contributed by atoms with Crippen molar-refractivity contribution in [1.29, 1.82) is 0 Å². The molecule has 2 aromatic rings. The number of piperidine rings is 2. The highest BCUT2D eigenvalue weighted by Gasteiger charge is 2.38. The highest BCUT2D eigenvalue weighted by molar-refractivity contribution is 5.96. The van der Waals surface area contributed by atoms with Crippen LogP contribution in [0.5, 0.6) is 0 Å². The molecular formula is C29H41N9O2. The molecule has 1 aromatic heterocycles. The lowest BCUT2D eigenvalue weighted by Crippen LogP contribution is -2.60. The van der Waals surface area contributed by atoms with Crippen LogP contribution in [-0.2, 0) is 0 Å². The number of rotatable bonds is 7. The maximum atomic E-state index is 12.9. The number of carbonyl (C=O) groups excluding carboxylic acids is 2. The number of nitrogens with zero attached hydrogens (tertiary/aromatic N) is 7. The molecule has 4 heterocycles. The van der Waals surface area contributed by atoms with E-state index in [2.05, 4.69) is 44.4 Å². The molecule has 11 heteroatoms. The number of carbonyl (C=O) groups is 2. The van der Waals surface area contributed by atoms with Crippen LogP contribution in [0.1, 0.15) is 73.8 Å². The Kier molecular flexibility index (Phi) is 7.48. The molecule has 3 amide bonds. The topological polar surface area (TPSA) is 124 Å². The van der Waals surface area contributed by atoms with Crippen molar-refractivity contribution in [3.8, 4) is 0 Å². The number of urea groups is 1. The average molecular weight is 548 g/mol. The third-order valence-electron chi connectivity index (χ3n) is 9.22. The Balaban J connectivity index is 1.17. The molecule has 1 saturated carbocycles. The minimum absolute atomic E-state index is 0.00361. The molecule has 4 aliphatic rings. The molecule has 0 unspecified atom stereocenters. The summed E-state index contributed by atoms with van der Waals surface area (Å²) >= 11 is 0. The molecule has 6 rings (SSSR count). The van der Waals surface area contributed by atoms with Gasteiger partial charge in [-0.2, -0.15) is 4.98 Å². The van der Waals surface area contributed by atoms with Gasteiger partial charge in [0.1, 0.15) is 0 Å². The van der Waals surface area contributed by atoms with Crippen molar-refractivity contribution < 1.29 is 9.59 Å². The molecule has 0 bridgehead atoms. The van der Waals surface area contributed by atoms with E-state index in [0.717, 1.165) is 50.6 Å². The number of amides is 3. The molecule has 1 aromatic carbocycles. The number of hydrogen-bond donors (Lipinski definition) is 2. The summed E-state index contributed by atoms with van der Waals surface area (Å²) in [5.74, 6) is 0.630. The number of primary amides is 1. The largest absolute Gasteiger partial charge is 0.364 e. The lowest BCUT2D eigenvalue weighted by molar-refractivity contribution is 0.0989. The minimum atomic E-state index is -0.681. The van der Waals surface area contributed by atoms with Crippen molar-refractivity contribution in [2.45, 2.75) is 75.9 Å². The fourth-order valence-electron chi connectivity index (χ4n) is 6.72. The van der Waals surface area contributed by atoms with Gasteiger partial charge in [0.25, 0.3) is 5.91 Å². The summed E-state index contributed by atoms with van der Waals surface area (Å²) in [6.45, 7) is 6.78. The lowest BCUT2D eigenvalue weighted by atomic mass is 9.89. The Morgan fingerprint density at radius 1 is 0.925 bits per heavy atom. The third-order valence-corrected chi connectivity index (χ3v) is 9.22. The molecule has 2 atom stereocenters. The van der Waals surface area contributed by atoms with Crippen molar-refractivity contribution in [3.05, 3.63) is 35.5 Å². The van der Waals surface area contributed by atoms with Crippen LogP contribution in [0.2, 0.25) is 0 Å². The van der Waals surface area contributed by atoms with Gasteiger partial charge in [0.05, 0.1) is 6.04 Å². The summed E-state index contributed by atoms with van der Waals surface area (Å²) in [7, 11) is 1.86. The van der Waals surface area contributed by atoms with E-state index < -0.39 is 5.91 Å². The lowest BCUT2D eigenvalue weighted by Gasteiger charge is -2.47. The van der Waals surface area contributed by atoms with E-state index in [1.54, 1.807) is 4.90 Å². The SMILES string of the molecule is C[C@@H]1[C@H](N2CCCN(C)C2=O)CCCN1c1nnc(C(N)=O)c(Nc2ccc(C3CCN(C4CC4)CC3)cc2)n1. The van der Waals surface area contributed by atoms with E-state index >= 15 is 0 Å². The monoisotopic (exact) mass is 547 g/mol. The maximum Gasteiger partial charge on any atom is 0.320 e. The normalized spacial score (nSPS) is 24.9. The van der Waals surface area contributed by atoms with Crippen LogP contribution in [0.25, 0.3) is 0 Å². The fourth-order valence-corrected chi connectivity index (χ4v) is 6.72. The molecule has 0 radical (unpaired) electrons. The highest BCUT2D eigenvalue weighted by atomic mass is 16.2. The van der Waals surface area contributed by atoms with Crippen LogP contribution < -0.4 is 16.0 Å². The molecule has 214 valence electrons. The predicted octanol–water partition coefficient (Wildman–Crippen LogP) is 3.17. The first-order valence-corrected chi connectivity index (χ1v) is 14.8. The van der Waals surface area contributed by atoms with Crippen molar-refractivity contribution in [2.75, 3.05) is 50.0 Å². The molecule has 40 heavy (non-hydrogen) atoms. The van der Waals surface area contributed by atoms with Gasteiger partial charge in [-0.05, 0) is 88.6 Å². The number of likely N-dealkylation sites (tertiary alicyclic amines) is 1. The Morgan fingerprint density at radius 2 is 1.65 bits per heavy atom. The number of nitrogens with one attached hydrogen (secondary N) is 1. The number of benzene rings is 1. The molecule has 3 aliphatic heterocycles. The first kappa shape index (κ1) is 26.7. The number of nitrogens with two attached hydrogens (primary N) is 1. The molecule has 4 fully saturated rings. The van der Waals surface area contributed by atoms with Crippen molar-refractivity contribution in [2.24, 2.45) is 5.73 Å². The summed E-state index contributed by atoms with van der Waals surface area (Å²) in [5.41, 5.74) is 7.82. The van der Waals surface area contributed by atoms with E-state index in [0.29, 0.717) is 17.7 Å². The smallest absolute Gasteiger partial charge is 0.320 e. The Bertz CT molecular complexity index is 1230. The van der Waals surface area contributed by atoms with Gasteiger partial charge in [-0.3, -0.25) is 4.79 Å². The fraction of sp³-hybridized carbons (Fsp3) is 0.621. The van der Waals surface area contributed by atoms with E-state index in [4.69, 9.17) is 10.7 Å². The quantitative estimate of drug-likeness (QED) is 0.542. The Hall–Kier alpha value is -3.47. The Labute approximate surface area is 236 Å². The second kappa shape index (κ2) is 11.2. The van der Waals surface area contributed by atoms with Gasteiger partial charge < -0.3 is 30.7 Å². The van der Waals surface area contributed by atoms with Crippen LogP contribution in [-0.4, -0.2) is 99.7 Å². The average Bonchev–Trinajstić information content (AvgIpc) is 3.81. The molecule has 0 spiro atoms. The van der Waals surface area contributed by atoms with Gasteiger partial charge in [0, 0.05) is 44.5 Å². The van der Waals surface area contributed by atoms with Gasteiger partial charge in [-0.15, -0.1) is 10.2 Å². The highest BCUT2D eigenvalue weighted by Crippen LogP contribution is 2.35. The number of aromatic nitrogens is 3. The van der Waals surface area contributed by atoms with Gasteiger partial charge >= 0.3 is 6.03 Å². The molecule has 11 nitrogen and oxygen atoms in total. The van der Waals surface area contributed by atoms with Gasteiger partial charge in [0.15, 0.2) is 11.5 Å². The zero-order valence-corrected chi connectivity index (χ0v) is 23.6. The molecule has 1 aliphatic carbocycles. The molecule has 3 N–H and O–H groups in total. The predicted molar refractivity (Wildman–Crippen MR) is 154 cm³/mol. The number of anilines is 3. The Morgan fingerprint density at radius 3 is 2.35 bits per heavy atom. The van der Waals surface area contributed by atoms with E-state index in [1.165, 1.54) is 44.3 Å². The van der Waals surface area contributed by atoms with E-state index in [-0.39, 0.29) is 23.8 Å². The standard InChI is InChI=1S/C29H41N9O2/c1-19-24(38-16-4-14-35(2)29(38)40)5-3-15-37(19)28-32-27(25(26(30)39)33-34-28)31-22-8-6-20(7-9-22)21-12-17-36(18-13-21)23-10-11-23/h6-9,19,21,23-24H,3-5,10-18H2,1-2H3,(H2,30,39)(H,31,32,34)/t19-,24-/m1/s1. The third kappa shape index (κ3) is 5.43. The zero-order valence-electron chi connectivity index (χ0n) is 23.6. The number of hydrogen-bond acceptors (Lipinski definition) is 8. The second-order valence-electron chi connectivity index (χ2n) is 11.9. The summed E-state index contributed by atoms with van der Waals surface area (Å²) in [6.07, 6.45) is 7.93. The van der Waals surface area contributed by atoms with Crippen LogP contribution in [0.15, 0.2) is 24.3 Å². The van der Waals surface area contributed by atoms with E-state index in [9.17, 15) is 9.59 Å². The van der Waals surface area contributed by atoms with Crippen molar-refractivity contribution >= 4 is 29.4 Å². The van der Waals surface area contributed by atoms with Crippen LogP contribution >= 0.6 is 0 Å². The summed E-state index contributed by atoms with van der Waals surface area (Å²) in [5, 5.41) is 11.8. The van der Waals surface area contributed by atoms with Gasteiger partial charge in [-0.25, -0.2) is 4.79 Å². The first-order valence-electron chi connectivity index (χ1n) is 14.8. The second-order valence-corrected chi connectivity index (χ2v) is 11.9. The van der Waals surface area contributed by atoms with Crippen LogP contribution in [0.4, 0.5) is 22.2 Å². The summed E-state index contributed by atoms with van der Waals surface area (Å²) in [6, 6.07) is 9.39. The summed E-state index contributed by atoms with van der Waals surface area (Å²) in [4.78, 5) is 38.3.